The van der Waals surface area contributed by atoms with Gasteiger partial charge in [0, 0.05) is 18.3 Å². The Morgan fingerprint density at radius 3 is 2.58 bits per heavy atom. The number of thiocarbonyl (C=S) groups is 1. The van der Waals surface area contributed by atoms with Gasteiger partial charge in [-0.05, 0) is 79.9 Å². The lowest BCUT2D eigenvalue weighted by molar-refractivity contribution is -0.122. The summed E-state index contributed by atoms with van der Waals surface area (Å²) in [5.74, 6) is -1.51. The lowest BCUT2D eigenvalue weighted by atomic mass is 9.80. The summed E-state index contributed by atoms with van der Waals surface area (Å²) < 4.78 is 14.3. The van der Waals surface area contributed by atoms with Crippen molar-refractivity contribution in [1.29, 1.82) is 0 Å². The molecule has 1 N–H and O–H groups in total. The van der Waals surface area contributed by atoms with Crippen molar-refractivity contribution in [3.8, 4) is 0 Å². The molecule has 2 amide bonds. The number of carbonyl (C=O) groups excluding carboxylic acids is 2. The van der Waals surface area contributed by atoms with Gasteiger partial charge in [0.15, 0.2) is 5.11 Å². The highest BCUT2D eigenvalue weighted by Crippen LogP contribution is 2.42. The first kappa shape index (κ1) is 21.2. The van der Waals surface area contributed by atoms with Crippen LogP contribution in [0.5, 0.6) is 0 Å². The minimum absolute atomic E-state index is 0.00585. The van der Waals surface area contributed by atoms with Crippen LogP contribution in [0.4, 0.5) is 15.8 Å². The van der Waals surface area contributed by atoms with Gasteiger partial charge in [-0.15, -0.1) is 0 Å². The molecular weight excluding hydrogens is 413 g/mol. The molecule has 2 aromatic rings. The quantitative estimate of drug-likeness (QED) is 0.430. The van der Waals surface area contributed by atoms with E-state index in [0.29, 0.717) is 5.92 Å². The maximum absolute atomic E-state index is 14.3. The highest BCUT2D eigenvalue weighted by Gasteiger charge is 2.36. The van der Waals surface area contributed by atoms with Crippen molar-refractivity contribution in [1.82, 2.24) is 5.32 Å². The van der Waals surface area contributed by atoms with Crippen LogP contribution in [0.3, 0.4) is 0 Å². The maximum Gasteiger partial charge on any atom is 0.270 e. The number of nitrogens with zero attached hydrogens (tertiary/aromatic N) is 2. The van der Waals surface area contributed by atoms with Gasteiger partial charge in [0.05, 0.1) is 5.69 Å². The van der Waals surface area contributed by atoms with Crippen LogP contribution in [0, 0.1) is 5.82 Å². The maximum atomic E-state index is 14.3. The van der Waals surface area contributed by atoms with E-state index < -0.39 is 17.6 Å². The van der Waals surface area contributed by atoms with Gasteiger partial charge < -0.3 is 4.90 Å². The third-order valence-corrected chi connectivity index (χ3v) is 6.45. The summed E-state index contributed by atoms with van der Waals surface area (Å²) in [6.45, 7) is 6.61. The van der Waals surface area contributed by atoms with Crippen LogP contribution in [-0.4, -0.2) is 29.5 Å². The molecular formula is C24H24FN3O2S. The van der Waals surface area contributed by atoms with Crippen LogP contribution in [-0.2, 0) is 9.59 Å². The fourth-order valence-electron chi connectivity index (χ4n) is 4.36. The molecule has 0 bridgehead atoms. The van der Waals surface area contributed by atoms with Gasteiger partial charge in [-0.3, -0.25) is 14.9 Å². The Labute approximate surface area is 186 Å². The first-order chi connectivity index (χ1) is 14.6. The molecule has 31 heavy (non-hydrogen) atoms. The molecule has 1 unspecified atom stereocenters. The third-order valence-electron chi connectivity index (χ3n) is 6.16. The average Bonchev–Trinajstić information content (AvgIpc) is 2.70. The van der Waals surface area contributed by atoms with E-state index in [2.05, 4.69) is 38.0 Å². The Morgan fingerprint density at radius 1 is 1.16 bits per heavy atom. The minimum Gasteiger partial charge on any atom is -0.369 e. The first-order valence-electron chi connectivity index (χ1n) is 10.1. The number of amides is 2. The topological polar surface area (TPSA) is 52.7 Å². The zero-order chi connectivity index (χ0) is 22.5. The smallest absolute Gasteiger partial charge is 0.270 e. The molecule has 1 fully saturated rings. The van der Waals surface area contributed by atoms with E-state index in [-0.39, 0.29) is 21.9 Å². The number of benzene rings is 2. The van der Waals surface area contributed by atoms with Crippen molar-refractivity contribution in [3.63, 3.8) is 0 Å². The van der Waals surface area contributed by atoms with Gasteiger partial charge in [-0.1, -0.05) is 25.1 Å². The van der Waals surface area contributed by atoms with Gasteiger partial charge in [-0.25, -0.2) is 9.29 Å². The van der Waals surface area contributed by atoms with Crippen LogP contribution in [0.15, 0.2) is 48.0 Å². The lowest BCUT2D eigenvalue weighted by Crippen LogP contribution is -2.54. The van der Waals surface area contributed by atoms with Crippen molar-refractivity contribution < 1.29 is 14.0 Å². The summed E-state index contributed by atoms with van der Waals surface area (Å²) in [6.07, 6.45) is 2.53. The van der Waals surface area contributed by atoms with Crippen molar-refractivity contribution in [2.45, 2.75) is 38.6 Å². The molecule has 0 saturated carbocycles. The molecule has 0 radical (unpaired) electrons. The molecule has 0 aliphatic carbocycles. The Morgan fingerprint density at radius 2 is 1.87 bits per heavy atom. The molecule has 4 rings (SSSR count). The number of halogens is 1. The van der Waals surface area contributed by atoms with Gasteiger partial charge in [0.2, 0.25) is 0 Å². The van der Waals surface area contributed by atoms with Crippen LogP contribution in [0.25, 0.3) is 6.08 Å². The predicted molar refractivity (Wildman–Crippen MR) is 125 cm³/mol. The number of nitrogens with one attached hydrogen (secondary N) is 1. The monoisotopic (exact) mass is 437 g/mol. The number of para-hydroxylation sites is 1. The van der Waals surface area contributed by atoms with Crippen LogP contribution >= 0.6 is 12.2 Å². The van der Waals surface area contributed by atoms with E-state index in [9.17, 15) is 14.0 Å². The van der Waals surface area contributed by atoms with Crippen molar-refractivity contribution in [3.05, 3.63) is 65.0 Å². The predicted octanol–water partition coefficient (Wildman–Crippen LogP) is 4.38. The average molecular weight is 438 g/mol. The summed E-state index contributed by atoms with van der Waals surface area (Å²) in [6, 6.07) is 11.7. The van der Waals surface area contributed by atoms with E-state index in [1.54, 1.807) is 12.1 Å². The zero-order valence-corrected chi connectivity index (χ0v) is 18.7. The number of anilines is 2. The Balaban J connectivity index is 1.74. The van der Waals surface area contributed by atoms with Crippen molar-refractivity contribution in [2.24, 2.45) is 0 Å². The molecule has 5 nitrogen and oxygen atoms in total. The van der Waals surface area contributed by atoms with E-state index in [4.69, 9.17) is 12.2 Å². The van der Waals surface area contributed by atoms with Gasteiger partial charge in [-0.2, -0.15) is 0 Å². The Hall–Kier alpha value is -3.06. The summed E-state index contributed by atoms with van der Waals surface area (Å²) in [4.78, 5) is 29.0. The van der Waals surface area contributed by atoms with E-state index >= 15 is 0 Å². The normalized spacial score (nSPS) is 21.9. The number of rotatable bonds is 2. The summed E-state index contributed by atoms with van der Waals surface area (Å²) in [5, 5.41) is 2.36. The van der Waals surface area contributed by atoms with Gasteiger partial charge in [0.25, 0.3) is 11.8 Å². The van der Waals surface area contributed by atoms with Gasteiger partial charge >= 0.3 is 0 Å². The molecule has 2 aromatic carbocycles. The fourth-order valence-corrected chi connectivity index (χ4v) is 4.64. The highest BCUT2D eigenvalue weighted by atomic mass is 32.1. The lowest BCUT2D eigenvalue weighted by Gasteiger charge is -2.45. The minimum atomic E-state index is -0.650. The van der Waals surface area contributed by atoms with Crippen LogP contribution in [0.2, 0.25) is 0 Å². The summed E-state index contributed by atoms with van der Waals surface area (Å²) >= 11 is 5.14. The van der Waals surface area contributed by atoms with Gasteiger partial charge in [0.1, 0.15) is 11.4 Å². The van der Waals surface area contributed by atoms with E-state index in [0.717, 1.165) is 22.6 Å². The van der Waals surface area contributed by atoms with E-state index in [1.807, 2.05) is 18.2 Å². The number of hydrogen-bond acceptors (Lipinski definition) is 4. The number of carbonyl (C=O) groups is 2. The van der Waals surface area contributed by atoms with Crippen molar-refractivity contribution >= 4 is 46.6 Å². The molecule has 2 aliphatic rings. The fraction of sp³-hybridized carbons (Fsp3) is 0.292. The zero-order valence-electron chi connectivity index (χ0n) is 17.9. The molecule has 2 heterocycles. The molecule has 1 atom stereocenters. The Kier molecular flexibility index (Phi) is 5.17. The standard InChI is InChI=1S/C24H24FN3O2S/c1-14-13-24(2,3)27(4)19-10-9-15(11-16(14)19)12-17-21(29)26-23(31)28(22(17)30)20-8-6-5-7-18(20)25/h5-12,14H,13H2,1-4H3,(H,26,29,31)/b17-12-. The third kappa shape index (κ3) is 3.63. The van der Waals surface area contributed by atoms with Crippen molar-refractivity contribution in [2.75, 3.05) is 16.8 Å². The van der Waals surface area contributed by atoms with Crippen LogP contribution < -0.4 is 15.1 Å². The molecule has 0 spiro atoms. The summed E-state index contributed by atoms with van der Waals surface area (Å²) in [5.41, 5.74) is 3.00. The second-order valence-electron chi connectivity index (χ2n) is 8.70. The summed E-state index contributed by atoms with van der Waals surface area (Å²) in [7, 11) is 2.08. The molecule has 7 heteroatoms. The number of fused-ring (bicyclic) bond motifs is 1. The number of hydrogen-bond donors (Lipinski definition) is 1. The van der Waals surface area contributed by atoms with E-state index in [1.165, 1.54) is 23.8 Å². The SMILES string of the molecule is CC1CC(C)(C)N(C)c2ccc(/C=C3/C(=O)NC(=S)N(c4ccccc4F)C3=O)cc21. The molecule has 160 valence electrons. The molecule has 2 aliphatic heterocycles. The largest absolute Gasteiger partial charge is 0.369 e. The Bertz CT molecular complexity index is 1140. The molecule has 1 saturated heterocycles. The van der Waals surface area contributed by atoms with Crippen LogP contribution in [0.1, 0.15) is 44.2 Å². The highest BCUT2D eigenvalue weighted by molar-refractivity contribution is 7.80. The molecule has 0 aromatic heterocycles. The first-order valence-corrected chi connectivity index (χ1v) is 10.5. The second-order valence-corrected chi connectivity index (χ2v) is 9.09. The second kappa shape index (κ2) is 7.57.